The number of Topliss-reactive ketones (excluding diaryl/α,β-unsaturated/α-hetero) is 1. The lowest BCUT2D eigenvalue weighted by Gasteiger charge is -2.42. The summed E-state index contributed by atoms with van der Waals surface area (Å²) in [5, 5.41) is 26.0. The summed E-state index contributed by atoms with van der Waals surface area (Å²) in [5.74, 6) is -0.372. The highest BCUT2D eigenvalue weighted by molar-refractivity contribution is 6.05. The van der Waals surface area contributed by atoms with Crippen molar-refractivity contribution >= 4 is 5.78 Å². The lowest BCUT2D eigenvalue weighted by molar-refractivity contribution is -0.159. The van der Waals surface area contributed by atoms with Crippen LogP contribution >= 0.6 is 0 Å². The predicted molar refractivity (Wildman–Crippen MR) is 147 cm³/mol. The van der Waals surface area contributed by atoms with Gasteiger partial charge in [-0.15, -0.1) is 0 Å². The Morgan fingerprint density at radius 1 is 0.590 bits per heavy atom. The van der Waals surface area contributed by atoms with Crippen molar-refractivity contribution in [3.05, 3.63) is 125 Å². The van der Waals surface area contributed by atoms with Crippen molar-refractivity contribution in [1.82, 2.24) is 0 Å². The van der Waals surface area contributed by atoms with E-state index in [1.165, 1.54) is 0 Å². The monoisotopic (exact) mass is 522 g/mol. The van der Waals surface area contributed by atoms with Gasteiger partial charge in [-0.25, -0.2) is 0 Å². The Bertz CT molecular complexity index is 1510. The molecule has 198 valence electrons. The average molecular weight is 523 g/mol. The Labute approximate surface area is 227 Å². The van der Waals surface area contributed by atoms with Gasteiger partial charge in [0, 0.05) is 17.4 Å². The van der Waals surface area contributed by atoms with Crippen LogP contribution < -0.4 is 14.2 Å². The van der Waals surface area contributed by atoms with Crippen LogP contribution in [0.25, 0.3) is 0 Å². The third-order valence-electron chi connectivity index (χ3n) is 8.59. The summed E-state index contributed by atoms with van der Waals surface area (Å²) in [6.45, 7) is 0. The Morgan fingerprint density at radius 3 is 1.62 bits per heavy atom. The van der Waals surface area contributed by atoms with Crippen LogP contribution in [-0.2, 0) is 11.2 Å². The van der Waals surface area contributed by atoms with Gasteiger partial charge < -0.3 is 24.4 Å². The minimum atomic E-state index is -1.90. The molecule has 0 heterocycles. The molecular weight excluding hydrogens is 492 g/mol. The van der Waals surface area contributed by atoms with E-state index < -0.39 is 29.0 Å². The molecule has 0 saturated heterocycles. The summed E-state index contributed by atoms with van der Waals surface area (Å²) in [5.41, 5.74) is -0.794. The molecular formula is C33H30O6. The molecule has 2 aliphatic rings. The van der Waals surface area contributed by atoms with E-state index in [9.17, 15) is 15.0 Å². The predicted octanol–water partition coefficient (Wildman–Crippen LogP) is 5.18. The maximum atomic E-state index is 14.2. The third-order valence-corrected chi connectivity index (χ3v) is 8.59. The quantitative estimate of drug-likeness (QED) is 0.363. The highest BCUT2D eigenvalue weighted by Crippen LogP contribution is 2.70. The molecule has 0 unspecified atom stereocenters. The zero-order valence-electron chi connectivity index (χ0n) is 22.0. The van der Waals surface area contributed by atoms with E-state index in [0.717, 1.165) is 11.1 Å². The van der Waals surface area contributed by atoms with Crippen molar-refractivity contribution in [3.8, 4) is 17.2 Å². The van der Waals surface area contributed by atoms with E-state index >= 15 is 0 Å². The molecule has 4 aromatic carbocycles. The van der Waals surface area contributed by atoms with Crippen molar-refractivity contribution in [2.45, 2.75) is 23.0 Å². The molecule has 39 heavy (non-hydrogen) atoms. The Morgan fingerprint density at radius 2 is 1.08 bits per heavy atom. The molecule has 2 aliphatic carbocycles. The van der Waals surface area contributed by atoms with Crippen LogP contribution in [0.2, 0.25) is 0 Å². The molecule has 6 heteroatoms. The van der Waals surface area contributed by atoms with Crippen molar-refractivity contribution in [1.29, 1.82) is 0 Å². The topological polar surface area (TPSA) is 85.2 Å². The maximum absolute atomic E-state index is 14.2. The summed E-state index contributed by atoms with van der Waals surface area (Å²) in [6.07, 6.45) is 0. The SMILES string of the molecule is COc1ccc([C@@H]2[C@H]3C(=O)c4ccccc4[C@]3(O)[C@@](O)(c3ccc(OC)cc3)[C@H]2c2ccc(OC)cc2)cc1. The fraction of sp³-hybridized carbons (Fsp3) is 0.242. The number of hydrogen-bond acceptors (Lipinski definition) is 6. The Kier molecular flexibility index (Phi) is 5.97. The highest BCUT2D eigenvalue weighted by atomic mass is 16.5. The number of carbonyl (C=O) groups excluding carboxylic acids is 1. The zero-order chi connectivity index (χ0) is 27.4. The van der Waals surface area contributed by atoms with Gasteiger partial charge in [0.05, 0.1) is 27.2 Å². The molecule has 6 rings (SSSR count). The van der Waals surface area contributed by atoms with E-state index in [-0.39, 0.29) is 5.78 Å². The summed E-state index contributed by atoms with van der Waals surface area (Å²) in [6, 6.07) is 29.1. The summed E-state index contributed by atoms with van der Waals surface area (Å²) in [7, 11) is 4.78. The first-order chi connectivity index (χ1) is 18.9. The van der Waals surface area contributed by atoms with E-state index in [4.69, 9.17) is 14.2 Å². The number of aliphatic hydroxyl groups is 2. The van der Waals surface area contributed by atoms with Crippen molar-refractivity contribution < 1.29 is 29.2 Å². The van der Waals surface area contributed by atoms with Crippen LogP contribution in [-0.4, -0.2) is 37.3 Å². The molecule has 0 amide bonds. The number of fused-ring (bicyclic) bond motifs is 3. The number of hydrogen-bond donors (Lipinski definition) is 2. The Balaban J connectivity index is 1.67. The largest absolute Gasteiger partial charge is 0.497 e. The van der Waals surface area contributed by atoms with Crippen LogP contribution in [0, 0.1) is 5.92 Å². The molecule has 6 nitrogen and oxygen atoms in total. The minimum Gasteiger partial charge on any atom is -0.497 e. The average Bonchev–Trinajstić information content (AvgIpc) is 3.36. The first-order valence-corrected chi connectivity index (χ1v) is 12.9. The van der Waals surface area contributed by atoms with Gasteiger partial charge in [-0.2, -0.15) is 0 Å². The fourth-order valence-electron chi connectivity index (χ4n) is 6.83. The van der Waals surface area contributed by atoms with Gasteiger partial charge in [-0.1, -0.05) is 60.7 Å². The van der Waals surface area contributed by atoms with Gasteiger partial charge in [0.1, 0.15) is 28.5 Å². The lowest BCUT2D eigenvalue weighted by Crippen LogP contribution is -2.49. The van der Waals surface area contributed by atoms with Crippen LogP contribution in [0.5, 0.6) is 17.2 Å². The van der Waals surface area contributed by atoms with Crippen LogP contribution in [0.15, 0.2) is 97.1 Å². The number of benzene rings is 4. The second-order valence-electron chi connectivity index (χ2n) is 10.2. The fourth-order valence-corrected chi connectivity index (χ4v) is 6.83. The molecule has 0 bridgehead atoms. The molecule has 0 aromatic heterocycles. The van der Waals surface area contributed by atoms with Gasteiger partial charge >= 0.3 is 0 Å². The number of ketones is 1. The lowest BCUT2D eigenvalue weighted by atomic mass is 9.69. The first-order valence-electron chi connectivity index (χ1n) is 12.9. The standard InChI is InChI=1S/C33H30O6/c1-37-23-14-8-20(9-15-23)28-29(21-10-16-24(38-2)17-11-21)32(35,22-12-18-25(39-3)19-13-22)33(36)27-7-5-4-6-26(27)31(34)30(28)33/h4-19,28-30,35-36H,1-3H3/t28-,29-,30-,32+,33+/m0/s1. The van der Waals surface area contributed by atoms with Crippen LogP contribution in [0.4, 0.5) is 0 Å². The van der Waals surface area contributed by atoms with Gasteiger partial charge in [0.2, 0.25) is 0 Å². The summed E-state index contributed by atoms with van der Waals surface area (Å²) < 4.78 is 16.2. The van der Waals surface area contributed by atoms with E-state index in [0.29, 0.717) is 33.9 Å². The molecule has 0 spiro atoms. The Hall–Kier alpha value is -4.13. The van der Waals surface area contributed by atoms with Crippen LogP contribution in [0.1, 0.15) is 44.4 Å². The normalized spacial score (nSPS) is 27.1. The number of ether oxygens (including phenoxy) is 3. The minimum absolute atomic E-state index is 0.183. The summed E-state index contributed by atoms with van der Waals surface area (Å²) in [4.78, 5) is 14.2. The van der Waals surface area contributed by atoms with E-state index in [2.05, 4.69) is 0 Å². The highest BCUT2D eigenvalue weighted by Gasteiger charge is 2.75. The maximum Gasteiger partial charge on any atom is 0.170 e. The molecule has 2 N–H and O–H groups in total. The van der Waals surface area contributed by atoms with Crippen molar-refractivity contribution in [3.63, 3.8) is 0 Å². The summed E-state index contributed by atoms with van der Waals surface area (Å²) >= 11 is 0. The van der Waals surface area contributed by atoms with Crippen LogP contribution in [0.3, 0.4) is 0 Å². The number of carbonyl (C=O) groups is 1. The zero-order valence-corrected chi connectivity index (χ0v) is 22.0. The molecule has 4 aromatic rings. The third kappa shape index (κ3) is 3.45. The smallest absolute Gasteiger partial charge is 0.170 e. The van der Waals surface area contributed by atoms with Gasteiger partial charge in [-0.05, 0) is 58.7 Å². The van der Waals surface area contributed by atoms with Crippen molar-refractivity contribution in [2.24, 2.45) is 5.92 Å². The van der Waals surface area contributed by atoms with Gasteiger partial charge in [-0.3, -0.25) is 4.79 Å². The van der Waals surface area contributed by atoms with Gasteiger partial charge in [0.15, 0.2) is 5.78 Å². The second-order valence-corrected chi connectivity index (χ2v) is 10.2. The molecule has 1 fully saturated rings. The van der Waals surface area contributed by atoms with Gasteiger partial charge in [0.25, 0.3) is 0 Å². The molecule has 1 saturated carbocycles. The number of rotatable bonds is 6. The van der Waals surface area contributed by atoms with E-state index in [1.54, 1.807) is 69.9 Å². The number of methoxy groups -OCH3 is 3. The molecule has 5 atom stereocenters. The molecule has 0 radical (unpaired) electrons. The molecule has 0 aliphatic heterocycles. The first kappa shape index (κ1) is 25.2. The second kappa shape index (κ2) is 9.26. The van der Waals surface area contributed by atoms with E-state index in [1.807, 2.05) is 48.5 Å². The van der Waals surface area contributed by atoms with Crippen molar-refractivity contribution in [2.75, 3.05) is 21.3 Å².